The zero-order chi connectivity index (χ0) is 18.4. The fourth-order valence-electron chi connectivity index (χ4n) is 2.12. The van der Waals surface area contributed by atoms with Crippen LogP contribution in [0.25, 0.3) is 0 Å². The molecule has 0 aliphatic heterocycles. The van der Waals surface area contributed by atoms with Crippen molar-refractivity contribution in [1.29, 1.82) is 0 Å². The first-order chi connectivity index (χ1) is 12.6. The summed E-state index contributed by atoms with van der Waals surface area (Å²) in [6.45, 7) is 4.33. The Morgan fingerprint density at radius 2 is 1.69 bits per heavy atom. The summed E-state index contributed by atoms with van der Waals surface area (Å²) in [6, 6.07) is 15.9. The van der Waals surface area contributed by atoms with Crippen molar-refractivity contribution in [2.75, 3.05) is 17.7 Å². The van der Waals surface area contributed by atoms with E-state index in [4.69, 9.17) is 4.74 Å². The summed E-state index contributed by atoms with van der Waals surface area (Å²) >= 11 is 2.94. The molecule has 26 heavy (non-hydrogen) atoms. The average molecular weight is 388 g/mol. The van der Waals surface area contributed by atoms with Crippen molar-refractivity contribution in [2.45, 2.75) is 24.3 Å². The number of anilines is 2. The van der Waals surface area contributed by atoms with E-state index in [-0.39, 0.29) is 6.61 Å². The standard InChI is InChI=1S/C19H21N3O2S2/c1-13-3-7-15(8-4-13)20-18-21-22-19(26-18)25-12-16(23)11-24-17-9-5-14(2)6-10-17/h3-10,16,23H,11-12H2,1-2H3,(H,20,21)/t16-/m0/s1. The van der Waals surface area contributed by atoms with Gasteiger partial charge >= 0.3 is 0 Å². The molecule has 2 aromatic carbocycles. The van der Waals surface area contributed by atoms with E-state index in [1.807, 2.05) is 55.5 Å². The maximum atomic E-state index is 10.1. The van der Waals surface area contributed by atoms with Gasteiger partial charge in [0.15, 0.2) is 4.34 Å². The zero-order valence-corrected chi connectivity index (χ0v) is 16.3. The van der Waals surface area contributed by atoms with Gasteiger partial charge in [-0.25, -0.2) is 0 Å². The lowest BCUT2D eigenvalue weighted by atomic mass is 10.2. The fourth-order valence-corrected chi connectivity index (χ4v) is 3.83. The Labute approximate surface area is 161 Å². The molecule has 0 spiro atoms. The number of aryl methyl sites for hydroxylation is 2. The summed E-state index contributed by atoms with van der Waals surface area (Å²) in [5.74, 6) is 1.27. The van der Waals surface area contributed by atoms with Crippen molar-refractivity contribution in [3.05, 3.63) is 59.7 Å². The molecule has 0 unspecified atom stereocenters. The van der Waals surface area contributed by atoms with Crippen LogP contribution in [-0.4, -0.2) is 33.8 Å². The van der Waals surface area contributed by atoms with Crippen LogP contribution in [0.15, 0.2) is 52.9 Å². The van der Waals surface area contributed by atoms with E-state index in [1.54, 1.807) is 0 Å². The highest BCUT2D eigenvalue weighted by molar-refractivity contribution is 8.01. The number of nitrogens with one attached hydrogen (secondary N) is 1. The van der Waals surface area contributed by atoms with Crippen LogP contribution in [0.5, 0.6) is 5.75 Å². The number of rotatable bonds is 8. The minimum absolute atomic E-state index is 0.253. The lowest BCUT2D eigenvalue weighted by molar-refractivity contribution is 0.126. The highest BCUT2D eigenvalue weighted by Gasteiger charge is 2.10. The SMILES string of the molecule is Cc1ccc(Nc2nnc(SC[C@@H](O)COc3ccc(C)cc3)s2)cc1. The van der Waals surface area contributed by atoms with Crippen molar-refractivity contribution < 1.29 is 9.84 Å². The average Bonchev–Trinajstić information content (AvgIpc) is 3.09. The molecule has 0 saturated heterocycles. The van der Waals surface area contributed by atoms with Gasteiger partial charge in [-0.2, -0.15) is 0 Å². The van der Waals surface area contributed by atoms with E-state index >= 15 is 0 Å². The van der Waals surface area contributed by atoms with Crippen molar-refractivity contribution in [3.63, 3.8) is 0 Å². The van der Waals surface area contributed by atoms with Gasteiger partial charge in [0.2, 0.25) is 5.13 Å². The van der Waals surface area contributed by atoms with Crippen LogP contribution >= 0.6 is 23.1 Å². The smallest absolute Gasteiger partial charge is 0.210 e. The molecule has 0 aliphatic carbocycles. The number of thioether (sulfide) groups is 1. The molecule has 1 heterocycles. The van der Waals surface area contributed by atoms with Gasteiger partial charge in [-0.05, 0) is 38.1 Å². The van der Waals surface area contributed by atoms with Crippen molar-refractivity contribution in [3.8, 4) is 5.75 Å². The van der Waals surface area contributed by atoms with E-state index in [1.165, 1.54) is 34.2 Å². The number of benzene rings is 2. The molecule has 0 fully saturated rings. The van der Waals surface area contributed by atoms with Crippen LogP contribution in [-0.2, 0) is 0 Å². The summed E-state index contributed by atoms with van der Waals surface area (Å²) in [5.41, 5.74) is 3.38. The number of nitrogens with zero attached hydrogens (tertiary/aromatic N) is 2. The van der Waals surface area contributed by atoms with Crippen LogP contribution in [0.3, 0.4) is 0 Å². The Hall–Kier alpha value is -2.09. The normalized spacial score (nSPS) is 12.0. The molecule has 136 valence electrons. The molecule has 1 atom stereocenters. The van der Waals surface area contributed by atoms with Crippen molar-refractivity contribution in [1.82, 2.24) is 10.2 Å². The van der Waals surface area contributed by atoms with Gasteiger partial charge in [-0.15, -0.1) is 10.2 Å². The molecule has 7 heteroatoms. The summed E-state index contributed by atoms with van der Waals surface area (Å²) in [7, 11) is 0. The van der Waals surface area contributed by atoms with Gasteiger partial charge in [0.1, 0.15) is 12.4 Å². The summed E-state index contributed by atoms with van der Waals surface area (Å²) < 4.78 is 6.41. The molecular formula is C19H21N3O2S2. The van der Waals surface area contributed by atoms with Gasteiger partial charge in [0.05, 0.1) is 6.10 Å². The highest BCUT2D eigenvalue weighted by Crippen LogP contribution is 2.28. The van der Waals surface area contributed by atoms with Crippen LogP contribution in [0.4, 0.5) is 10.8 Å². The Morgan fingerprint density at radius 3 is 2.38 bits per heavy atom. The van der Waals surface area contributed by atoms with Crippen molar-refractivity contribution >= 4 is 33.9 Å². The molecule has 5 nitrogen and oxygen atoms in total. The number of hydrogen-bond donors (Lipinski definition) is 2. The van der Waals surface area contributed by atoms with Gasteiger partial charge in [-0.3, -0.25) is 0 Å². The third-order valence-electron chi connectivity index (χ3n) is 3.57. The van der Waals surface area contributed by atoms with E-state index < -0.39 is 6.10 Å². The van der Waals surface area contributed by atoms with Crippen LogP contribution in [0, 0.1) is 13.8 Å². The predicted molar refractivity (Wildman–Crippen MR) is 108 cm³/mol. The van der Waals surface area contributed by atoms with E-state index in [9.17, 15) is 5.11 Å². The summed E-state index contributed by atoms with van der Waals surface area (Å²) in [5, 5.41) is 22.3. The number of hydrogen-bond acceptors (Lipinski definition) is 7. The minimum atomic E-state index is -0.571. The largest absolute Gasteiger partial charge is 0.491 e. The fraction of sp³-hybridized carbons (Fsp3) is 0.263. The molecule has 3 rings (SSSR count). The van der Waals surface area contributed by atoms with Crippen LogP contribution < -0.4 is 10.1 Å². The second-order valence-electron chi connectivity index (χ2n) is 5.95. The van der Waals surface area contributed by atoms with Crippen LogP contribution in [0.1, 0.15) is 11.1 Å². The third kappa shape index (κ3) is 5.72. The molecule has 0 radical (unpaired) electrons. The Balaban J connectivity index is 1.43. The molecule has 2 N–H and O–H groups in total. The molecule has 3 aromatic rings. The lowest BCUT2D eigenvalue weighted by Crippen LogP contribution is -2.20. The Bertz CT molecular complexity index is 820. The quantitative estimate of drug-likeness (QED) is 0.557. The van der Waals surface area contributed by atoms with Gasteiger partial charge in [-0.1, -0.05) is 58.5 Å². The summed E-state index contributed by atoms with van der Waals surface area (Å²) in [4.78, 5) is 0. The molecule has 1 aromatic heterocycles. The summed E-state index contributed by atoms with van der Waals surface area (Å²) in [6.07, 6.45) is -0.571. The van der Waals surface area contributed by atoms with E-state index in [0.29, 0.717) is 5.75 Å². The molecule has 0 saturated carbocycles. The maximum absolute atomic E-state index is 10.1. The number of aliphatic hydroxyl groups is 1. The second kappa shape index (κ2) is 9.02. The predicted octanol–water partition coefficient (Wildman–Crippen LogP) is 4.43. The Morgan fingerprint density at radius 1 is 1.04 bits per heavy atom. The molecular weight excluding hydrogens is 366 g/mol. The molecule has 0 amide bonds. The minimum Gasteiger partial charge on any atom is -0.491 e. The van der Waals surface area contributed by atoms with Gasteiger partial charge in [0, 0.05) is 11.4 Å². The lowest BCUT2D eigenvalue weighted by Gasteiger charge is -2.11. The van der Waals surface area contributed by atoms with Gasteiger partial charge in [0.25, 0.3) is 0 Å². The number of ether oxygens (including phenoxy) is 1. The molecule has 0 bridgehead atoms. The maximum Gasteiger partial charge on any atom is 0.210 e. The molecule has 0 aliphatic rings. The van der Waals surface area contributed by atoms with E-state index in [0.717, 1.165) is 20.9 Å². The van der Waals surface area contributed by atoms with Crippen molar-refractivity contribution in [2.24, 2.45) is 0 Å². The zero-order valence-electron chi connectivity index (χ0n) is 14.7. The first-order valence-corrected chi connectivity index (χ1v) is 10.1. The third-order valence-corrected chi connectivity index (χ3v) is 5.69. The van der Waals surface area contributed by atoms with Gasteiger partial charge < -0.3 is 15.2 Å². The second-order valence-corrected chi connectivity index (χ2v) is 8.20. The first kappa shape index (κ1) is 18.7. The highest BCUT2D eigenvalue weighted by atomic mass is 32.2. The van der Waals surface area contributed by atoms with Crippen LogP contribution in [0.2, 0.25) is 0 Å². The topological polar surface area (TPSA) is 67.3 Å². The monoisotopic (exact) mass is 387 g/mol. The Kier molecular flexibility index (Phi) is 6.49. The first-order valence-electron chi connectivity index (χ1n) is 8.26. The van der Waals surface area contributed by atoms with E-state index in [2.05, 4.69) is 22.4 Å². The number of aromatic nitrogens is 2. The number of aliphatic hydroxyl groups excluding tert-OH is 1.